The third-order valence-electron chi connectivity index (χ3n) is 9.18. The van der Waals surface area contributed by atoms with Crippen LogP contribution in [0.5, 0.6) is 5.75 Å². The minimum atomic E-state index is -1.28. The number of Topliss-reactive ketones (excluding diaryl/α,β-unsaturated/α-hetero) is 2. The van der Waals surface area contributed by atoms with Crippen molar-refractivity contribution in [3.8, 4) is 5.75 Å². The molecule has 214 valence electrons. The van der Waals surface area contributed by atoms with E-state index in [0.29, 0.717) is 17.1 Å². The molecular weight excluding hydrogens is 546 g/mol. The van der Waals surface area contributed by atoms with Gasteiger partial charge in [0.2, 0.25) is 0 Å². The van der Waals surface area contributed by atoms with Crippen LogP contribution in [0.2, 0.25) is 5.02 Å². The monoisotopic (exact) mass is 577 g/mol. The van der Waals surface area contributed by atoms with E-state index in [2.05, 4.69) is 17.0 Å². The van der Waals surface area contributed by atoms with E-state index >= 15 is 0 Å². The summed E-state index contributed by atoms with van der Waals surface area (Å²) >= 11 is 6.95. The molecule has 5 N–H and O–H groups in total. The summed E-state index contributed by atoms with van der Waals surface area (Å²) in [6.45, 7) is 2.10. The first-order chi connectivity index (χ1) is 19.5. The summed E-state index contributed by atoms with van der Waals surface area (Å²) in [4.78, 5) is 43.2. The number of fused-ring (bicyclic) bond motifs is 4. The van der Waals surface area contributed by atoms with Crippen LogP contribution >= 0.6 is 11.6 Å². The molecule has 2 aromatic carbocycles. The van der Waals surface area contributed by atoms with Crippen LogP contribution in [0.3, 0.4) is 0 Å². The molecule has 4 aliphatic rings. The lowest BCUT2D eigenvalue weighted by molar-refractivity contribution is -0.136. The number of aromatic hydroxyl groups is 1. The molecule has 4 atom stereocenters. The largest absolute Gasteiger partial charge is 0.510 e. The van der Waals surface area contributed by atoms with Gasteiger partial charge in [-0.15, -0.1) is 0 Å². The van der Waals surface area contributed by atoms with Crippen LogP contribution in [0, 0.1) is 17.8 Å². The average Bonchev–Trinajstić information content (AvgIpc) is 2.90. The summed E-state index contributed by atoms with van der Waals surface area (Å²) in [5, 5.41) is 33.8. The number of nitrogens with two attached hydrogens (primary N) is 1. The number of allylic oxidation sites excluding steroid dienone is 1. The summed E-state index contributed by atoms with van der Waals surface area (Å²) < 4.78 is 0. The Bertz CT molecular complexity index is 1580. The molecule has 0 unspecified atom stereocenters. The molecule has 0 bridgehead atoms. The molecule has 0 saturated heterocycles. The van der Waals surface area contributed by atoms with Crippen LogP contribution in [-0.4, -0.2) is 69.3 Å². The molecule has 1 aliphatic heterocycles. The number of carbonyl (C=O) groups excluding carboxylic acids is 3. The Morgan fingerprint density at radius 3 is 2.51 bits per heavy atom. The maximum atomic E-state index is 13.9. The average molecular weight is 578 g/mol. The van der Waals surface area contributed by atoms with E-state index in [1.54, 1.807) is 19.0 Å². The summed E-state index contributed by atoms with van der Waals surface area (Å²) in [6, 6.07) is 9.06. The Kier molecular flexibility index (Phi) is 6.71. The second-order valence-corrected chi connectivity index (χ2v) is 12.1. The number of hydrogen-bond acceptors (Lipinski definition) is 8. The van der Waals surface area contributed by atoms with Gasteiger partial charge in [-0.1, -0.05) is 35.9 Å². The molecule has 1 heterocycles. The number of amides is 1. The highest BCUT2D eigenvalue weighted by molar-refractivity contribution is 6.33. The predicted octanol–water partition coefficient (Wildman–Crippen LogP) is 3.06. The first kappa shape index (κ1) is 27.5. The molecule has 1 saturated carbocycles. The number of phenolic OH excluding ortho intramolecular Hbond substituents is 1. The lowest BCUT2D eigenvalue weighted by atomic mass is 9.59. The van der Waals surface area contributed by atoms with Crippen LogP contribution in [0.15, 0.2) is 47.2 Å². The molecule has 3 aliphatic carbocycles. The number of benzene rings is 2. The van der Waals surface area contributed by atoms with Crippen LogP contribution in [0.4, 0.5) is 0 Å². The van der Waals surface area contributed by atoms with Crippen molar-refractivity contribution in [1.82, 2.24) is 9.80 Å². The number of rotatable bonds is 4. The third-order valence-corrected chi connectivity index (χ3v) is 9.65. The Morgan fingerprint density at radius 1 is 1.12 bits per heavy atom. The van der Waals surface area contributed by atoms with Crippen molar-refractivity contribution in [2.75, 3.05) is 20.6 Å². The van der Waals surface area contributed by atoms with Gasteiger partial charge in [-0.05, 0) is 73.5 Å². The fourth-order valence-corrected chi connectivity index (χ4v) is 7.70. The van der Waals surface area contributed by atoms with E-state index in [1.165, 1.54) is 17.2 Å². The number of nitrogens with zero attached hydrogens (tertiary/aromatic N) is 2. The van der Waals surface area contributed by atoms with E-state index in [1.807, 2.05) is 12.1 Å². The summed E-state index contributed by atoms with van der Waals surface area (Å²) in [5.74, 6) is -6.00. The zero-order valence-electron chi connectivity index (χ0n) is 22.9. The van der Waals surface area contributed by atoms with E-state index in [9.17, 15) is 29.7 Å². The summed E-state index contributed by atoms with van der Waals surface area (Å²) in [5.41, 5.74) is 8.85. The first-order valence-corrected chi connectivity index (χ1v) is 14.1. The standard InChI is InChI=1S/C31H32ClN3O6/c1-34(2)26-19-10-16-9-18-22(27(37)21(16)28(38)23(19)29(39)24(30(26)40)31(33)41)20(36)11-17(25(18)32)13-35-8-7-14-5-3-4-6-15(14)12-35/h3-6,11,16,19,23,26,36-37,40H,7-10,12-13H2,1-2H3,(H2,33,41)/t16-,19+,23+,26-/m0/s1. The number of aliphatic hydroxyl groups is 2. The number of primary amides is 1. The van der Waals surface area contributed by atoms with Gasteiger partial charge in [0.05, 0.1) is 17.5 Å². The number of halogens is 1. The molecule has 10 heteroatoms. The van der Waals surface area contributed by atoms with E-state index in [-0.39, 0.29) is 29.7 Å². The molecule has 0 aromatic heterocycles. The van der Waals surface area contributed by atoms with E-state index in [4.69, 9.17) is 17.3 Å². The minimum Gasteiger partial charge on any atom is -0.510 e. The topological polar surface area (TPSA) is 144 Å². The smallest absolute Gasteiger partial charge is 0.255 e. The summed E-state index contributed by atoms with van der Waals surface area (Å²) in [7, 11) is 3.38. The Labute approximate surface area is 242 Å². The second-order valence-electron chi connectivity index (χ2n) is 11.8. The van der Waals surface area contributed by atoms with Gasteiger partial charge in [0.25, 0.3) is 5.91 Å². The van der Waals surface area contributed by atoms with Gasteiger partial charge in [0.15, 0.2) is 11.6 Å². The summed E-state index contributed by atoms with van der Waals surface area (Å²) in [6.07, 6.45) is 1.47. The first-order valence-electron chi connectivity index (χ1n) is 13.7. The number of ketones is 2. The normalized spacial score (nSPS) is 26.0. The fraction of sp³-hybridized carbons (Fsp3) is 0.387. The van der Waals surface area contributed by atoms with Crippen LogP contribution < -0.4 is 5.73 Å². The Balaban J connectivity index is 1.37. The van der Waals surface area contributed by atoms with Gasteiger partial charge in [0, 0.05) is 30.2 Å². The fourth-order valence-electron chi connectivity index (χ4n) is 7.41. The zero-order valence-corrected chi connectivity index (χ0v) is 23.6. The molecule has 6 rings (SSSR count). The van der Waals surface area contributed by atoms with Crippen molar-refractivity contribution in [3.63, 3.8) is 0 Å². The van der Waals surface area contributed by atoms with Crippen molar-refractivity contribution < 1.29 is 29.7 Å². The molecule has 0 radical (unpaired) electrons. The molecule has 1 fully saturated rings. The van der Waals surface area contributed by atoms with Gasteiger partial charge in [-0.25, -0.2) is 0 Å². The van der Waals surface area contributed by atoms with Crippen LogP contribution in [0.25, 0.3) is 5.76 Å². The third kappa shape index (κ3) is 4.26. The number of likely N-dealkylation sites (N-methyl/N-ethyl adjacent to an activating group) is 1. The van der Waals surface area contributed by atoms with Gasteiger partial charge >= 0.3 is 0 Å². The number of phenols is 1. The van der Waals surface area contributed by atoms with Crippen molar-refractivity contribution in [1.29, 1.82) is 0 Å². The van der Waals surface area contributed by atoms with Crippen molar-refractivity contribution in [2.45, 2.75) is 38.4 Å². The Morgan fingerprint density at radius 2 is 1.83 bits per heavy atom. The van der Waals surface area contributed by atoms with Gasteiger partial charge in [-0.2, -0.15) is 0 Å². The number of carbonyl (C=O) groups is 3. The van der Waals surface area contributed by atoms with Gasteiger partial charge in [0.1, 0.15) is 22.8 Å². The molecule has 9 nitrogen and oxygen atoms in total. The minimum absolute atomic E-state index is 0.0431. The quantitative estimate of drug-likeness (QED) is 0.320. The Hall–Kier alpha value is -3.66. The van der Waals surface area contributed by atoms with Crippen molar-refractivity contribution in [3.05, 3.63) is 80.1 Å². The maximum absolute atomic E-state index is 13.9. The van der Waals surface area contributed by atoms with Crippen molar-refractivity contribution in [2.24, 2.45) is 23.5 Å². The SMILES string of the molecule is CN(C)[C@@H]1C(O)=C(C(N)=O)C(=O)[C@H]2C(=O)C3=C(O)c4c(O)cc(CN5CCc6ccccc6C5)c(Cl)c4C[C@H]3C[C@H]21. The molecule has 0 spiro atoms. The second kappa shape index (κ2) is 10.0. The van der Waals surface area contributed by atoms with Gasteiger partial charge < -0.3 is 21.1 Å². The lowest BCUT2D eigenvalue weighted by Crippen LogP contribution is -2.55. The predicted molar refractivity (Wildman–Crippen MR) is 152 cm³/mol. The van der Waals surface area contributed by atoms with Crippen molar-refractivity contribution >= 4 is 34.8 Å². The lowest BCUT2D eigenvalue weighted by Gasteiger charge is -2.46. The maximum Gasteiger partial charge on any atom is 0.255 e. The van der Waals surface area contributed by atoms with Crippen LogP contribution in [-0.2, 0) is 40.3 Å². The van der Waals surface area contributed by atoms with Gasteiger partial charge in [-0.3, -0.25) is 24.2 Å². The number of aliphatic hydroxyl groups excluding tert-OH is 2. The van der Waals surface area contributed by atoms with E-state index < -0.39 is 58.4 Å². The zero-order chi connectivity index (χ0) is 29.3. The van der Waals surface area contributed by atoms with Crippen LogP contribution in [0.1, 0.15) is 34.2 Å². The highest BCUT2D eigenvalue weighted by Crippen LogP contribution is 2.51. The molecular formula is C31H32ClN3O6. The highest BCUT2D eigenvalue weighted by Gasteiger charge is 2.55. The van der Waals surface area contributed by atoms with E-state index in [0.717, 1.165) is 25.1 Å². The molecule has 1 amide bonds. The molecule has 41 heavy (non-hydrogen) atoms. The molecule has 2 aromatic rings. The highest BCUT2D eigenvalue weighted by atomic mass is 35.5. The number of hydrogen-bond donors (Lipinski definition) is 4.